The van der Waals surface area contributed by atoms with Crippen LogP contribution in [0.1, 0.15) is 5.56 Å². The number of sulfonamides is 1. The third-order valence-corrected chi connectivity index (χ3v) is 5.84. The zero-order valence-corrected chi connectivity index (χ0v) is 17.5. The molecule has 0 bridgehead atoms. The van der Waals surface area contributed by atoms with Gasteiger partial charge in [-0.15, -0.1) is 10.1 Å². The summed E-state index contributed by atoms with van der Waals surface area (Å²) >= 11 is 12.7. The average Bonchev–Trinajstić information content (AvgIpc) is 3.14. The molecule has 12 nitrogen and oxygen atoms in total. The lowest BCUT2D eigenvalue weighted by molar-refractivity contribution is 0.341. The fraction of sp³-hybridized carbons (Fsp3) is 0.214. The molecule has 0 saturated heterocycles. The van der Waals surface area contributed by atoms with Crippen molar-refractivity contribution in [1.82, 2.24) is 30.1 Å². The van der Waals surface area contributed by atoms with E-state index in [0.29, 0.717) is 9.87 Å². The summed E-state index contributed by atoms with van der Waals surface area (Å²) in [5.74, 6) is -0.686. The zero-order valence-electron chi connectivity index (χ0n) is 15.2. The Morgan fingerprint density at radius 3 is 2.21 bits per heavy atom. The van der Waals surface area contributed by atoms with Gasteiger partial charge in [-0.2, -0.15) is 27.7 Å². The van der Waals surface area contributed by atoms with E-state index in [2.05, 4.69) is 30.1 Å². The van der Waals surface area contributed by atoms with E-state index in [1.807, 2.05) is 0 Å². The number of anilines is 3. The Bertz CT molecular complexity index is 1150. The summed E-state index contributed by atoms with van der Waals surface area (Å²) in [6, 6.07) is 2.69. The molecular weight excluding hydrogens is 447 g/mol. The van der Waals surface area contributed by atoms with Crippen LogP contribution in [-0.2, 0) is 10.0 Å². The van der Waals surface area contributed by atoms with E-state index in [9.17, 15) is 8.42 Å². The van der Waals surface area contributed by atoms with Crippen LogP contribution in [0.3, 0.4) is 0 Å². The number of nitrogens with two attached hydrogens (primary N) is 1. The van der Waals surface area contributed by atoms with Gasteiger partial charge in [-0.25, -0.2) is 5.10 Å². The Morgan fingerprint density at radius 2 is 1.69 bits per heavy atom. The average molecular weight is 461 g/mol. The van der Waals surface area contributed by atoms with E-state index < -0.39 is 21.1 Å². The molecule has 0 saturated carbocycles. The Hall–Kier alpha value is -2.90. The standard InChI is InChI=1S/C14H14Cl2N8O4S/c1-6-4-5-7(15)9(8(6)16)24(29(25,26)14-18-10(17)22-23-14)11-19-12(27-2)21-13(20-11)28-3/h4-5H,1-3H3,(H3,17,18,22,23). The second-order valence-electron chi connectivity index (χ2n) is 5.40. The largest absolute Gasteiger partial charge is 0.467 e. The van der Waals surface area contributed by atoms with Crippen LogP contribution in [0.25, 0.3) is 0 Å². The third kappa shape index (κ3) is 3.83. The van der Waals surface area contributed by atoms with Crippen LogP contribution in [0.15, 0.2) is 17.3 Å². The maximum atomic E-state index is 13.4. The number of rotatable bonds is 6. The Labute approximate surface area is 175 Å². The molecule has 0 unspecified atom stereocenters. The van der Waals surface area contributed by atoms with E-state index in [0.717, 1.165) is 0 Å². The highest BCUT2D eigenvalue weighted by Gasteiger charge is 2.36. The van der Waals surface area contributed by atoms with Gasteiger partial charge >= 0.3 is 22.0 Å². The van der Waals surface area contributed by atoms with Gasteiger partial charge in [0.25, 0.3) is 11.1 Å². The minimum atomic E-state index is -4.51. The van der Waals surface area contributed by atoms with Crippen molar-refractivity contribution < 1.29 is 17.9 Å². The fourth-order valence-electron chi connectivity index (χ4n) is 2.22. The predicted octanol–water partition coefficient (Wildman–Crippen LogP) is 1.73. The smallest absolute Gasteiger partial charge is 0.324 e. The van der Waals surface area contributed by atoms with Crippen LogP contribution in [0.2, 0.25) is 10.0 Å². The summed E-state index contributed by atoms with van der Waals surface area (Å²) in [5, 5.41) is 5.27. The van der Waals surface area contributed by atoms with E-state index in [-0.39, 0.29) is 33.7 Å². The minimum Gasteiger partial charge on any atom is -0.467 e. The zero-order chi connectivity index (χ0) is 21.3. The van der Waals surface area contributed by atoms with Gasteiger partial charge in [-0.05, 0) is 18.6 Å². The lowest BCUT2D eigenvalue weighted by atomic mass is 10.2. The molecule has 0 amide bonds. The van der Waals surface area contributed by atoms with Crippen LogP contribution in [0.5, 0.6) is 12.0 Å². The van der Waals surface area contributed by atoms with Crippen molar-refractivity contribution in [3.8, 4) is 12.0 Å². The van der Waals surface area contributed by atoms with Crippen molar-refractivity contribution in [2.75, 3.05) is 24.3 Å². The monoisotopic (exact) mass is 460 g/mol. The summed E-state index contributed by atoms with van der Waals surface area (Å²) in [4.78, 5) is 15.5. The molecule has 3 N–H and O–H groups in total. The number of nitrogens with zero attached hydrogens (tertiary/aromatic N) is 6. The van der Waals surface area contributed by atoms with Gasteiger partial charge < -0.3 is 15.2 Å². The number of hydrogen-bond acceptors (Lipinski definition) is 10. The van der Waals surface area contributed by atoms with Gasteiger partial charge in [-0.3, -0.25) is 0 Å². The van der Waals surface area contributed by atoms with Crippen LogP contribution in [0, 0.1) is 6.92 Å². The van der Waals surface area contributed by atoms with Crippen molar-refractivity contribution in [3.63, 3.8) is 0 Å². The number of halogens is 2. The van der Waals surface area contributed by atoms with Crippen molar-refractivity contribution in [2.45, 2.75) is 12.1 Å². The molecule has 3 rings (SSSR count). The van der Waals surface area contributed by atoms with Crippen molar-refractivity contribution >= 4 is 50.8 Å². The van der Waals surface area contributed by atoms with Gasteiger partial charge in [0.2, 0.25) is 5.95 Å². The molecule has 0 fully saturated rings. The Kier molecular flexibility index (Phi) is 5.64. The molecule has 2 heterocycles. The molecule has 0 aliphatic carbocycles. The van der Waals surface area contributed by atoms with Gasteiger partial charge in [0.05, 0.1) is 30.0 Å². The molecule has 15 heteroatoms. The molecule has 0 radical (unpaired) electrons. The molecule has 154 valence electrons. The number of aromatic nitrogens is 6. The third-order valence-electron chi connectivity index (χ3n) is 3.56. The first-order chi connectivity index (χ1) is 13.7. The number of ether oxygens (including phenoxy) is 2. The molecule has 0 aliphatic heterocycles. The van der Waals surface area contributed by atoms with Crippen LogP contribution >= 0.6 is 23.2 Å². The Balaban J connectivity index is 2.37. The van der Waals surface area contributed by atoms with E-state index in [1.165, 1.54) is 20.3 Å². The number of nitrogens with one attached hydrogen (secondary N) is 1. The topological polar surface area (TPSA) is 162 Å². The molecule has 0 spiro atoms. The molecule has 0 atom stereocenters. The second-order valence-corrected chi connectivity index (χ2v) is 7.89. The lowest BCUT2D eigenvalue weighted by Gasteiger charge is -2.24. The SMILES string of the molecule is COc1nc(OC)nc(N(c2c(Cl)ccc(C)c2Cl)S(=O)(=O)c2nc(N)n[nH]2)n1. The van der Waals surface area contributed by atoms with Crippen LogP contribution < -0.4 is 19.5 Å². The predicted molar refractivity (Wildman–Crippen MR) is 104 cm³/mol. The van der Waals surface area contributed by atoms with Gasteiger partial charge in [0.1, 0.15) is 0 Å². The summed E-state index contributed by atoms with van der Waals surface area (Å²) < 4.78 is 37.5. The van der Waals surface area contributed by atoms with Gasteiger partial charge in [0, 0.05) is 0 Å². The van der Waals surface area contributed by atoms with Crippen LogP contribution in [0.4, 0.5) is 17.6 Å². The number of hydrogen-bond donors (Lipinski definition) is 2. The number of methoxy groups -OCH3 is 2. The summed E-state index contributed by atoms with van der Waals surface area (Å²) in [7, 11) is -1.92. The fourth-order valence-corrected chi connectivity index (χ4v) is 4.13. The molecule has 1 aromatic carbocycles. The van der Waals surface area contributed by atoms with Crippen molar-refractivity contribution in [3.05, 3.63) is 27.7 Å². The Morgan fingerprint density at radius 1 is 1.07 bits per heavy atom. The normalized spacial score (nSPS) is 11.3. The number of benzene rings is 1. The van der Waals surface area contributed by atoms with Gasteiger partial charge in [0.15, 0.2) is 0 Å². The molecule has 0 aliphatic rings. The maximum Gasteiger partial charge on any atom is 0.324 e. The minimum absolute atomic E-state index is 0.00927. The first kappa shape index (κ1) is 20.8. The van der Waals surface area contributed by atoms with Gasteiger partial charge in [-0.1, -0.05) is 29.3 Å². The highest BCUT2D eigenvalue weighted by Crippen LogP contribution is 2.42. The molecular formula is C14H14Cl2N8O4S. The number of nitrogen functional groups attached to an aromatic ring is 1. The van der Waals surface area contributed by atoms with Crippen molar-refractivity contribution in [1.29, 1.82) is 0 Å². The van der Waals surface area contributed by atoms with Crippen LogP contribution in [-0.4, -0.2) is 52.8 Å². The highest BCUT2D eigenvalue weighted by atomic mass is 35.5. The first-order valence-corrected chi connectivity index (χ1v) is 9.90. The van der Waals surface area contributed by atoms with E-state index in [1.54, 1.807) is 13.0 Å². The summed E-state index contributed by atoms with van der Waals surface area (Å²) in [6.07, 6.45) is 0. The second kappa shape index (κ2) is 7.85. The molecule has 29 heavy (non-hydrogen) atoms. The number of H-pyrrole nitrogens is 1. The highest BCUT2D eigenvalue weighted by molar-refractivity contribution is 7.93. The number of aryl methyl sites for hydroxylation is 1. The van der Waals surface area contributed by atoms with E-state index >= 15 is 0 Å². The molecule has 3 aromatic rings. The quantitative estimate of drug-likeness (QED) is 0.553. The van der Waals surface area contributed by atoms with Crippen molar-refractivity contribution in [2.24, 2.45) is 0 Å². The first-order valence-electron chi connectivity index (χ1n) is 7.71. The molecule has 2 aromatic heterocycles. The van der Waals surface area contributed by atoms with E-state index in [4.69, 9.17) is 38.4 Å². The maximum absolute atomic E-state index is 13.4. The summed E-state index contributed by atoms with van der Waals surface area (Å²) in [5.41, 5.74) is 5.90. The summed E-state index contributed by atoms with van der Waals surface area (Å²) in [6.45, 7) is 1.67. The number of aromatic amines is 1. The lowest BCUT2D eigenvalue weighted by Crippen LogP contribution is -2.30.